The van der Waals surface area contributed by atoms with Crippen molar-refractivity contribution >= 4 is 18.2 Å². The first kappa shape index (κ1) is 11.5. The van der Waals surface area contributed by atoms with Gasteiger partial charge in [-0.05, 0) is 36.4 Å². The number of para-hydroxylation sites is 1. The van der Waals surface area contributed by atoms with Gasteiger partial charge >= 0.3 is 0 Å². The van der Waals surface area contributed by atoms with Crippen molar-refractivity contribution < 1.29 is 4.74 Å². The average Bonchev–Trinajstić information content (AvgIpc) is 2.50. The van der Waals surface area contributed by atoms with E-state index < -0.39 is 0 Å². The van der Waals surface area contributed by atoms with E-state index in [0.717, 1.165) is 17.2 Å². The zero-order chi connectivity index (χ0) is 12.9. The van der Waals surface area contributed by atoms with Crippen LogP contribution in [-0.2, 0) is 0 Å². The fourth-order valence-corrected chi connectivity index (χ4v) is 1.75. The number of hydrazone groups is 1. The minimum atomic E-state index is 0.645. The van der Waals surface area contributed by atoms with E-state index in [2.05, 4.69) is 10.1 Å². The van der Waals surface area contributed by atoms with Gasteiger partial charge in [0.25, 0.3) is 0 Å². The third-order valence-corrected chi connectivity index (χ3v) is 2.66. The summed E-state index contributed by atoms with van der Waals surface area (Å²) in [6.07, 6.45) is 3.49. The van der Waals surface area contributed by atoms with Crippen LogP contribution < -0.4 is 9.75 Å². The van der Waals surface area contributed by atoms with Gasteiger partial charge in [0, 0.05) is 6.21 Å². The Morgan fingerprint density at radius 2 is 1.63 bits per heavy atom. The standard InChI is InChI=1S/C15H13N3O/c1-2-4-14(5-3-1)19-15-8-6-13(7-9-15)18-12-16-10-11-17-18/h1-9,11-12H,10H2. The summed E-state index contributed by atoms with van der Waals surface area (Å²) in [5, 5.41) is 5.96. The molecule has 3 rings (SSSR count). The van der Waals surface area contributed by atoms with Gasteiger partial charge in [-0.15, -0.1) is 0 Å². The highest BCUT2D eigenvalue weighted by atomic mass is 16.5. The number of nitrogens with zero attached hydrogens (tertiary/aromatic N) is 3. The van der Waals surface area contributed by atoms with Crippen molar-refractivity contribution in [3.63, 3.8) is 0 Å². The summed E-state index contributed by atoms with van der Waals surface area (Å²) in [4.78, 5) is 4.15. The van der Waals surface area contributed by atoms with Crippen LogP contribution in [-0.4, -0.2) is 19.1 Å². The lowest BCUT2D eigenvalue weighted by Crippen LogP contribution is -2.17. The summed E-state index contributed by atoms with van der Waals surface area (Å²) in [5.41, 5.74) is 0.958. The molecule has 0 radical (unpaired) electrons. The lowest BCUT2D eigenvalue weighted by molar-refractivity contribution is 0.483. The summed E-state index contributed by atoms with van der Waals surface area (Å²) in [7, 11) is 0. The highest BCUT2D eigenvalue weighted by molar-refractivity contribution is 5.84. The van der Waals surface area contributed by atoms with E-state index in [-0.39, 0.29) is 0 Å². The fraction of sp³-hybridized carbons (Fsp3) is 0.0667. The van der Waals surface area contributed by atoms with Crippen molar-refractivity contribution in [1.29, 1.82) is 0 Å². The van der Waals surface area contributed by atoms with Gasteiger partial charge in [-0.1, -0.05) is 18.2 Å². The minimum absolute atomic E-state index is 0.645. The molecule has 0 aromatic heterocycles. The normalized spacial score (nSPS) is 13.6. The van der Waals surface area contributed by atoms with E-state index in [1.165, 1.54) is 0 Å². The molecule has 2 aromatic carbocycles. The minimum Gasteiger partial charge on any atom is -0.457 e. The molecule has 0 spiro atoms. The Kier molecular flexibility index (Phi) is 3.23. The van der Waals surface area contributed by atoms with Gasteiger partial charge in [-0.3, -0.25) is 4.99 Å². The molecule has 0 N–H and O–H groups in total. The van der Waals surface area contributed by atoms with E-state index in [1.807, 2.05) is 54.6 Å². The number of rotatable bonds is 3. The first-order valence-electron chi connectivity index (χ1n) is 6.06. The van der Waals surface area contributed by atoms with Gasteiger partial charge in [0.1, 0.15) is 17.8 Å². The third-order valence-electron chi connectivity index (χ3n) is 2.66. The van der Waals surface area contributed by atoms with Gasteiger partial charge in [-0.25, -0.2) is 5.01 Å². The average molecular weight is 251 g/mol. The molecule has 2 aromatic rings. The summed E-state index contributed by atoms with van der Waals surface area (Å²) in [5.74, 6) is 1.63. The number of anilines is 1. The van der Waals surface area contributed by atoms with Crippen LogP contribution in [0.15, 0.2) is 64.7 Å². The van der Waals surface area contributed by atoms with Crippen molar-refractivity contribution in [2.75, 3.05) is 11.6 Å². The molecule has 0 atom stereocenters. The molecule has 0 saturated carbocycles. The molecule has 94 valence electrons. The Balaban J connectivity index is 1.74. The van der Waals surface area contributed by atoms with Gasteiger partial charge < -0.3 is 4.74 Å². The van der Waals surface area contributed by atoms with Crippen LogP contribution in [0.1, 0.15) is 0 Å². The number of benzene rings is 2. The number of ether oxygens (including phenoxy) is 1. The highest BCUT2D eigenvalue weighted by Crippen LogP contribution is 2.24. The van der Waals surface area contributed by atoms with Crippen molar-refractivity contribution in [1.82, 2.24) is 0 Å². The summed E-state index contributed by atoms with van der Waals surface area (Å²) < 4.78 is 5.73. The van der Waals surface area contributed by atoms with Crippen molar-refractivity contribution in [3.05, 3.63) is 54.6 Å². The second-order valence-electron chi connectivity index (χ2n) is 4.03. The molecule has 0 fully saturated rings. The molecule has 0 saturated heterocycles. The quantitative estimate of drug-likeness (QED) is 0.839. The lowest BCUT2D eigenvalue weighted by Gasteiger charge is -2.15. The van der Waals surface area contributed by atoms with Crippen molar-refractivity contribution in [2.45, 2.75) is 0 Å². The molecular formula is C15H13N3O. The molecule has 1 aliphatic heterocycles. The van der Waals surface area contributed by atoms with Crippen molar-refractivity contribution in [2.24, 2.45) is 10.1 Å². The predicted octanol–water partition coefficient (Wildman–Crippen LogP) is 3.31. The van der Waals surface area contributed by atoms with Crippen LogP contribution in [0.4, 0.5) is 5.69 Å². The Morgan fingerprint density at radius 1 is 0.895 bits per heavy atom. The lowest BCUT2D eigenvalue weighted by atomic mass is 10.3. The predicted molar refractivity (Wildman–Crippen MR) is 77.3 cm³/mol. The first-order valence-corrected chi connectivity index (χ1v) is 6.06. The number of hydrogen-bond donors (Lipinski definition) is 0. The smallest absolute Gasteiger partial charge is 0.127 e. The summed E-state index contributed by atoms with van der Waals surface area (Å²) in [6, 6.07) is 17.4. The van der Waals surface area contributed by atoms with Crippen LogP contribution in [0.25, 0.3) is 0 Å². The molecule has 0 unspecified atom stereocenters. The second kappa shape index (κ2) is 5.35. The third kappa shape index (κ3) is 2.80. The van der Waals surface area contributed by atoms with Crippen molar-refractivity contribution in [3.8, 4) is 11.5 Å². The SMILES string of the molecule is C1=NCC=NN1c1ccc(Oc2ccccc2)cc1. The molecule has 19 heavy (non-hydrogen) atoms. The molecule has 4 heteroatoms. The Hall–Kier alpha value is -2.62. The van der Waals surface area contributed by atoms with Crippen LogP contribution in [0.5, 0.6) is 11.5 Å². The zero-order valence-electron chi connectivity index (χ0n) is 10.3. The van der Waals surface area contributed by atoms with Gasteiger partial charge in [0.2, 0.25) is 0 Å². The zero-order valence-corrected chi connectivity index (χ0v) is 10.3. The van der Waals surface area contributed by atoms with E-state index in [1.54, 1.807) is 17.6 Å². The van der Waals surface area contributed by atoms with Crippen LogP contribution in [0.3, 0.4) is 0 Å². The Labute approximate surface area is 111 Å². The van der Waals surface area contributed by atoms with Crippen LogP contribution in [0.2, 0.25) is 0 Å². The molecule has 1 aliphatic rings. The Morgan fingerprint density at radius 3 is 2.32 bits per heavy atom. The first-order chi connectivity index (χ1) is 9.42. The Bertz CT molecular complexity index is 579. The summed E-state index contributed by atoms with van der Waals surface area (Å²) in [6.45, 7) is 0.645. The fourth-order valence-electron chi connectivity index (χ4n) is 1.75. The summed E-state index contributed by atoms with van der Waals surface area (Å²) >= 11 is 0. The monoisotopic (exact) mass is 251 g/mol. The van der Waals surface area contributed by atoms with Gasteiger partial charge in [0.15, 0.2) is 0 Å². The van der Waals surface area contributed by atoms with Gasteiger partial charge in [0.05, 0.1) is 12.2 Å². The molecule has 0 aliphatic carbocycles. The molecule has 0 bridgehead atoms. The molecule has 4 nitrogen and oxygen atoms in total. The molecule has 0 amide bonds. The molecular weight excluding hydrogens is 238 g/mol. The topological polar surface area (TPSA) is 37.2 Å². The van der Waals surface area contributed by atoms with E-state index in [9.17, 15) is 0 Å². The largest absolute Gasteiger partial charge is 0.457 e. The van der Waals surface area contributed by atoms with Crippen LogP contribution in [0, 0.1) is 0 Å². The molecule has 1 heterocycles. The number of hydrogen-bond acceptors (Lipinski definition) is 4. The van der Waals surface area contributed by atoms with Crippen LogP contribution >= 0.6 is 0 Å². The number of aliphatic imine (C=N–C) groups is 1. The maximum absolute atomic E-state index is 5.73. The van der Waals surface area contributed by atoms with E-state index >= 15 is 0 Å². The second-order valence-corrected chi connectivity index (χ2v) is 4.03. The van der Waals surface area contributed by atoms with Gasteiger partial charge in [-0.2, -0.15) is 5.10 Å². The van der Waals surface area contributed by atoms with E-state index in [4.69, 9.17) is 4.74 Å². The van der Waals surface area contributed by atoms with E-state index in [0.29, 0.717) is 6.54 Å². The highest BCUT2D eigenvalue weighted by Gasteiger charge is 2.04. The maximum atomic E-state index is 5.73. The maximum Gasteiger partial charge on any atom is 0.127 e.